The average molecular weight is 311 g/mol. The second-order valence-electron chi connectivity index (χ2n) is 4.49. The van der Waals surface area contributed by atoms with Crippen molar-refractivity contribution in [2.75, 3.05) is 25.9 Å². The number of carbonyl (C=O) groups is 1. The molecule has 6 nitrogen and oxygen atoms in total. The largest absolute Gasteiger partial charge is 0.353 e. The van der Waals surface area contributed by atoms with Gasteiger partial charge >= 0.3 is 0 Å². The molecule has 1 heterocycles. The van der Waals surface area contributed by atoms with Crippen LogP contribution < -0.4 is 5.32 Å². The van der Waals surface area contributed by atoms with E-state index in [0.29, 0.717) is 19.5 Å². The molecule has 0 aliphatic carbocycles. The lowest BCUT2D eigenvalue weighted by molar-refractivity contribution is -0.116. The third-order valence-corrected chi connectivity index (χ3v) is 4.76. The number of hydrogen-bond acceptors (Lipinski definition) is 4. The summed E-state index contributed by atoms with van der Waals surface area (Å²) in [6, 6.07) is 3.64. The fourth-order valence-corrected chi connectivity index (χ4v) is 2.43. The second-order valence-corrected chi connectivity index (χ2v) is 6.85. The van der Waals surface area contributed by atoms with E-state index in [1.165, 1.54) is 10.4 Å². The van der Waals surface area contributed by atoms with Crippen molar-refractivity contribution >= 4 is 22.0 Å². The Kier molecular flexibility index (Phi) is 7.04. The van der Waals surface area contributed by atoms with E-state index in [4.69, 9.17) is 0 Å². The van der Waals surface area contributed by atoms with Gasteiger partial charge in [0.2, 0.25) is 15.9 Å². The van der Waals surface area contributed by atoms with Crippen molar-refractivity contribution in [3.05, 3.63) is 36.2 Å². The molecule has 0 saturated heterocycles. The predicted molar refractivity (Wildman–Crippen MR) is 83.0 cm³/mol. The van der Waals surface area contributed by atoms with Crippen LogP contribution in [0.15, 0.2) is 30.6 Å². The molecule has 1 N–H and O–H groups in total. The van der Waals surface area contributed by atoms with Crippen LogP contribution >= 0.6 is 0 Å². The summed E-state index contributed by atoms with van der Waals surface area (Å²) in [6.45, 7) is 2.43. The Morgan fingerprint density at radius 1 is 1.48 bits per heavy atom. The molecule has 0 aromatic carbocycles. The van der Waals surface area contributed by atoms with Crippen LogP contribution in [-0.2, 0) is 14.8 Å². The number of hydrogen-bond donors (Lipinski definition) is 1. The van der Waals surface area contributed by atoms with Crippen LogP contribution in [0.25, 0.3) is 6.08 Å². The predicted octanol–water partition coefficient (Wildman–Crippen LogP) is 0.883. The van der Waals surface area contributed by atoms with Crippen LogP contribution in [-0.4, -0.2) is 49.5 Å². The Labute approximate surface area is 125 Å². The summed E-state index contributed by atoms with van der Waals surface area (Å²) in [5.41, 5.74) is 0.849. The van der Waals surface area contributed by atoms with Crippen molar-refractivity contribution < 1.29 is 13.2 Å². The van der Waals surface area contributed by atoms with Gasteiger partial charge in [-0.05, 0) is 31.1 Å². The van der Waals surface area contributed by atoms with Gasteiger partial charge in [0.15, 0.2) is 0 Å². The summed E-state index contributed by atoms with van der Waals surface area (Å²) in [5, 5.41) is 2.71. The third-order valence-electron chi connectivity index (χ3n) is 2.90. The van der Waals surface area contributed by atoms with Gasteiger partial charge in [-0.3, -0.25) is 9.78 Å². The van der Waals surface area contributed by atoms with E-state index in [9.17, 15) is 13.2 Å². The summed E-state index contributed by atoms with van der Waals surface area (Å²) in [4.78, 5) is 15.5. The van der Waals surface area contributed by atoms with Crippen LogP contribution in [0.5, 0.6) is 0 Å². The zero-order valence-electron chi connectivity index (χ0n) is 12.3. The van der Waals surface area contributed by atoms with E-state index in [0.717, 1.165) is 5.56 Å². The summed E-state index contributed by atoms with van der Waals surface area (Å²) < 4.78 is 24.3. The highest BCUT2D eigenvalue weighted by molar-refractivity contribution is 7.89. The molecule has 0 aliphatic heterocycles. The molecule has 0 radical (unpaired) electrons. The molecule has 0 unspecified atom stereocenters. The zero-order chi connectivity index (χ0) is 15.7. The number of carbonyl (C=O) groups excluding carboxylic acids is 1. The van der Waals surface area contributed by atoms with Gasteiger partial charge in [0, 0.05) is 38.6 Å². The first kappa shape index (κ1) is 17.3. The van der Waals surface area contributed by atoms with Gasteiger partial charge in [-0.2, -0.15) is 0 Å². The van der Waals surface area contributed by atoms with E-state index in [-0.39, 0.29) is 11.7 Å². The number of pyridine rings is 1. The molecule has 1 aromatic rings. The van der Waals surface area contributed by atoms with Crippen molar-refractivity contribution in [1.29, 1.82) is 0 Å². The van der Waals surface area contributed by atoms with E-state index in [1.807, 2.05) is 6.07 Å². The molecule has 1 rings (SSSR count). The van der Waals surface area contributed by atoms with Crippen molar-refractivity contribution in [2.45, 2.75) is 13.3 Å². The summed E-state index contributed by atoms with van der Waals surface area (Å²) in [5.74, 6) is -0.121. The maximum absolute atomic E-state index is 11.6. The number of rotatable bonds is 8. The SMILES string of the molecule is CCS(=O)(=O)N(C)CCCNC(=O)/C=C/c1cccnc1. The van der Waals surface area contributed by atoms with Crippen LogP contribution in [0.1, 0.15) is 18.9 Å². The van der Waals surface area contributed by atoms with Gasteiger partial charge < -0.3 is 5.32 Å². The van der Waals surface area contributed by atoms with E-state index in [1.54, 1.807) is 38.5 Å². The first-order valence-corrected chi connectivity index (χ1v) is 8.36. The smallest absolute Gasteiger partial charge is 0.244 e. The topological polar surface area (TPSA) is 79.4 Å². The molecular formula is C14H21N3O3S. The minimum atomic E-state index is -3.15. The van der Waals surface area contributed by atoms with Crippen molar-refractivity contribution in [1.82, 2.24) is 14.6 Å². The van der Waals surface area contributed by atoms with Gasteiger partial charge in [-0.15, -0.1) is 0 Å². The molecule has 21 heavy (non-hydrogen) atoms. The molecule has 1 aromatic heterocycles. The van der Waals surface area contributed by atoms with Gasteiger partial charge in [0.1, 0.15) is 0 Å². The normalized spacial score (nSPS) is 12.0. The maximum Gasteiger partial charge on any atom is 0.244 e. The van der Waals surface area contributed by atoms with Gasteiger partial charge in [0.05, 0.1) is 5.75 Å². The quantitative estimate of drug-likeness (QED) is 0.571. The van der Waals surface area contributed by atoms with Crippen molar-refractivity contribution in [2.24, 2.45) is 0 Å². The minimum absolute atomic E-state index is 0.0870. The molecule has 0 bridgehead atoms. The number of nitrogens with one attached hydrogen (secondary N) is 1. The molecule has 0 fully saturated rings. The maximum atomic E-state index is 11.6. The molecular weight excluding hydrogens is 290 g/mol. The van der Waals surface area contributed by atoms with Crippen molar-refractivity contribution in [3.8, 4) is 0 Å². The lowest BCUT2D eigenvalue weighted by atomic mass is 10.2. The fraction of sp³-hybridized carbons (Fsp3) is 0.429. The fourth-order valence-electron chi connectivity index (χ4n) is 1.58. The molecule has 116 valence electrons. The minimum Gasteiger partial charge on any atom is -0.353 e. The summed E-state index contributed by atoms with van der Waals surface area (Å²) in [6.07, 6.45) is 7.01. The summed E-state index contributed by atoms with van der Waals surface area (Å²) >= 11 is 0. The first-order valence-electron chi connectivity index (χ1n) is 6.75. The highest BCUT2D eigenvalue weighted by atomic mass is 32.2. The van der Waals surface area contributed by atoms with Gasteiger partial charge in [-0.1, -0.05) is 6.07 Å². The van der Waals surface area contributed by atoms with Crippen LogP contribution in [0, 0.1) is 0 Å². The molecule has 0 saturated carbocycles. The molecule has 0 aliphatic rings. The molecule has 1 amide bonds. The number of amides is 1. The number of sulfonamides is 1. The lowest BCUT2D eigenvalue weighted by Crippen LogP contribution is -2.32. The average Bonchev–Trinajstić information content (AvgIpc) is 2.50. The Balaban J connectivity index is 2.27. The molecule has 0 atom stereocenters. The standard InChI is InChI=1S/C14H21N3O3S/c1-3-21(19,20)17(2)11-5-10-16-14(18)8-7-13-6-4-9-15-12-13/h4,6-9,12H,3,5,10-11H2,1-2H3,(H,16,18)/b8-7+. The van der Waals surface area contributed by atoms with Crippen LogP contribution in [0.4, 0.5) is 0 Å². The Morgan fingerprint density at radius 2 is 2.24 bits per heavy atom. The van der Waals surface area contributed by atoms with E-state index < -0.39 is 10.0 Å². The van der Waals surface area contributed by atoms with Gasteiger partial charge in [0.25, 0.3) is 0 Å². The zero-order valence-corrected chi connectivity index (χ0v) is 13.1. The van der Waals surface area contributed by atoms with E-state index >= 15 is 0 Å². The van der Waals surface area contributed by atoms with Crippen LogP contribution in [0.3, 0.4) is 0 Å². The second kappa shape index (κ2) is 8.53. The number of nitrogens with zero attached hydrogens (tertiary/aromatic N) is 2. The highest BCUT2D eigenvalue weighted by Gasteiger charge is 2.13. The van der Waals surface area contributed by atoms with Crippen LogP contribution in [0.2, 0.25) is 0 Å². The molecule has 0 spiro atoms. The highest BCUT2D eigenvalue weighted by Crippen LogP contribution is 1.99. The monoisotopic (exact) mass is 311 g/mol. The van der Waals surface area contributed by atoms with E-state index in [2.05, 4.69) is 10.3 Å². The Hall–Kier alpha value is -1.73. The summed E-state index contributed by atoms with van der Waals surface area (Å²) in [7, 11) is -1.60. The Morgan fingerprint density at radius 3 is 2.86 bits per heavy atom. The third kappa shape index (κ3) is 6.50. The molecule has 7 heteroatoms. The number of aromatic nitrogens is 1. The Bertz CT molecular complexity index is 570. The first-order chi connectivity index (χ1) is 9.95. The lowest BCUT2D eigenvalue weighted by Gasteiger charge is -2.15. The van der Waals surface area contributed by atoms with Crippen molar-refractivity contribution in [3.63, 3.8) is 0 Å². The van der Waals surface area contributed by atoms with Gasteiger partial charge in [-0.25, -0.2) is 12.7 Å².